The molecule has 0 aliphatic carbocycles. The maximum Gasteiger partial charge on any atom is 0.230 e. The summed E-state index contributed by atoms with van der Waals surface area (Å²) in [5, 5.41) is 0. The molecule has 1 aliphatic heterocycles. The zero-order chi connectivity index (χ0) is 12.6. The Labute approximate surface area is 99.6 Å². The van der Waals surface area contributed by atoms with Crippen LogP contribution in [0.25, 0.3) is 0 Å². The Morgan fingerprint density at radius 3 is 2.47 bits per heavy atom. The lowest BCUT2D eigenvalue weighted by molar-refractivity contribution is -0.139. The van der Waals surface area contributed by atoms with Gasteiger partial charge < -0.3 is 5.73 Å². The van der Waals surface area contributed by atoms with Crippen LogP contribution >= 0.6 is 0 Å². The molecular formula is C12H15N3O2. The molecule has 1 aromatic heterocycles. The number of hydrogen-bond donors (Lipinski definition) is 1. The summed E-state index contributed by atoms with van der Waals surface area (Å²) in [4.78, 5) is 28.5. The first-order valence-electron chi connectivity index (χ1n) is 5.54. The minimum Gasteiger partial charge on any atom is -0.398 e. The van der Waals surface area contributed by atoms with Gasteiger partial charge in [-0.05, 0) is 25.0 Å². The summed E-state index contributed by atoms with van der Waals surface area (Å²) in [6, 6.07) is 0. The standard InChI is InChI=1S/C12H15N3O2/c1-7-5-14-9(8(2)12(7)13)6-15-10(16)3-4-11(15)17/h5H,3-4,6H2,1-2H3,(H2,13,14). The van der Waals surface area contributed by atoms with Crippen molar-refractivity contribution in [3.05, 3.63) is 23.0 Å². The normalized spacial score (nSPS) is 15.8. The number of aryl methyl sites for hydroxylation is 1. The van der Waals surface area contributed by atoms with Crippen LogP contribution < -0.4 is 5.73 Å². The quantitative estimate of drug-likeness (QED) is 0.771. The number of carbonyl (C=O) groups excluding carboxylic acids is 2. The van der Waals surface area contributed by atoms with Gasteiger partial charge in [-0.1, -0.05) is 0 Å². The summed E-state index contributed by atoms with van der Waals surface area (Å²) in [7, 11) is 0. The van der Waals surface area contributed by atoms with Gasteiger partial charge in [-0.3, -0.25) is 19.5 Å². The molecule has 1 aliphatic rings. The minimum atomic E-state index is -0.129. The third-order valence-electron chi connectivity index (χ3n) is 3.14. The number of amides is 2. The average Bonchev–Trinajstić information content (AvgIpc) is 2.61. The first kappa shape index (κ1) is 11.6. The molecule has 2 heterocycles. The number of nitrogens with two attached hydrogens (primary N) is 1. The van der Waals surface area contributed by atoms with E-state index in [1.54, 1.807) is 6.20 Å². The van der Waals surface area contributed by atoms with E-state index in [2.05, 4.69) is 4.98 Å². The first-order chi connectivity index (χ1) is 8.00. The van der Waals surface area contributed by atoms with E-state index in [0.717, 1.165) is 11.1 Å². The molecule has 2 N–H and O–H groups in total. The van der Waals surface area contributed by atoms with Gasteiger partial charge in [0.05, 0.1) is 12.2 Å². The van der Waals surface area contributed by atoms with E-state index >= 15 is 0 Å². The summed E-state index contributed by atoms with van der Waals surface area (Å²) in [6.07, 6.45) is 2.28. The van der Waals surface area contributed by atoms with E-state index < -0.39 is 0 Å². The molecule has 1 aromatic rings. The van der Waals surface area contributed by atoms with Crippen molar-refractivity contribution in [1.29, 1.82) is 0 Å². The summed E-state index contributed by atoms with van der Waals surface area (Å²) in [6.45, 7) is 3.97. The Morgan fingerprint density at radius 2 is 1.88 bits per heavy atom. The molecule has 0 radical (unpaired) electrons. The van der Waals surface area contributed by atoms with Crippen LogP contribution in [-0.4, -0.2) is 21.7 Å². The Morgan fingerprint density at radius 1 is 1.29 bits per heavy atom. The van der Waals surface area contributed by atoms with Gasteiger partial charge in [-0.15, -0.1) is 0 Å². The van der Waals surface area contributed by atoms with Crippen molar-refractivity contribution < 1.29 is 9.59 Å². The third-order valence-corrected chi connectivity index (χ3v) is 3.14. The summed E-state index contributed by atoms with van der Waals surface area (Å²) in [5.74, 6) is -0.259. The van der Waals surface area contributed by atoms with Crippen molar-refractivity contribution in [2.24, 2.45) is 0 Å². The van der Waals surface area contributed by atoms with Crippen LogP contribution in [0.2, 0.25) is 0 Å². The molecule has 90 valence electrons. The van der Waals surface area contributed by atoms with Gasteiger partial charge in [-0.2, -0.15) is 0 Å². The van der Waals surface area contributed by atoms with Crippen molar-refractivity contribution >= 4 is 17.5 Å². The molecule has 0 spiro atoms. The highest BCUT2D eigenvalue weighted by atomic mass is 16.2. The molecule has 0 aromatic carbocycles. The van der Waals surface area contributed by atoms with Gasteiger partial charge in [0, 0.05) is 24.7 Å². The number of hydrogen-bond acceptors (Lipinski definition) is 4. The summed E-state index contributed by atoms with van der Waals surface area (Å²) in [5.41, 5.74) is 9.02. The van der Waals surface area contributed by atoms with Crippen LogP contribution in [0.1, 0.15) is 29.7 Å². The highest BCUT2D eigenvalue weighted by Crippen LogP contribution is 2.21. The Kier molecular flexibility index (Phi) is 2.83. The van der Waals surface area contributed by atoms with Crippen LogP contribution in [0, 0.1) is 13.8 Å². The fraction of sp³-hybridized carbons (Fsp3) is 0.417. The Bertz CT molecular complexity index is 481. The summed E-state index contributed by atoms with van der Waals surface area (Å²) >= 11 is 0. The number of nitrogens with zero attached hydrogens (tertiary/aromatic N) is 2. The minimum absolute atomic E-state index is 0.129. The molecule has 0 unspecified atom stereocenters. The smallest absolute Gasteiger partial charge is 0.230 e. The maximum absolute atomic E-state index is 11.5. The second-order valence-electron chi connectivity index (χ2n) is 4.30. The van der Waals surface area contributed by atoms with Gasteiger partial charge in [0.25, 0.3) is 0 Å². The monoisotopic (exact) mass is 233 g/mol. The van der Waals surface area contributed by atoms with E-state index in [1.165, 1.54) is 4.90 Å². The lowest BCUT2D eigenvalue weighted by Gasteiger charge is -2.16. The van der Waals surface area contributed by atoms with Crippen LogP contribution in [0.5, 0.6) is 0 Å². The van der Waals surface area contributed by atoms with E-state index in [4.69, 9.17) is 5.73 Å². The number of nitrogen functional groups attached to an aromatic ring is 1. The Hall–Kier alpha value is -1.91. The molecule has 0 saturated carbocycles. The predicted octanol–water partition coefficient (Wildman–Crippen LogP) is 0.930. The van der Waals surface area contributed by atoms with Gasteiger partial charge in [0.1, 0.15) is 0 Å². The van der Waals surface area contributed by atoms with Crippen molar-refractivity contribution in [3.63, 3.8) is 0 Å². The first-order valence-corrected chi connectivity index (χ1v) is 5.54. The number of imide groups is 1. The second-order valence-corrected chi connectivity index (χ2v) is 4.30. The summed E-state index contributed by atoms with van der Waals surface area (Å²) < 4.78 is 0. The molecule has 5 heteroatoms. The van der Waals surface area contributed by atoms with Crippen LogP contribution in [0.15, 0.2) is 6.20 Å². The second kappa shape index (κ2) is 4.16. The van der Waals surface area contributed by atoms with Gasteiger partial charge in [0.2, 0.25) is 11.8 Å². The fourth-order valence-electron chi connectivity index (χ4n) is 1.90. The zero-order valence-electron chi connectivity index (χ0n) is 9.99. The molecular weight excluding hydrogens is 218 g/mol. The largest absolute Gasteiger partial charge is 0.398 e. The van der Waals surface area contributed by atoms with Gasteiger partial charge >= 0.3 is 0 Å². The topological polar surface area (TPSA) is 76.3 Å². The Balaban J connectivity index is 2.28. The average molecular weight is 233 g/mol. The molecule has 2 rings (SSSR count). The van der Waals surface area contributed by atoms with Gasteiger partial charge in [-0.25, -0.2) is 0 Å². The molecule has 5 nitrogen and oxygen atoms in total. The lowest BCUT2D eigenvalue weighted by Crippen LogP contribution is -2.29. The SMILES string of the molecule is Cc1cnc(CN2C(=O)CCC2=O)c(C)c1N. The molecule has 0 bridgehead atoms. The number of likely N-dealkylation sites (tertiary alicyclic amines) is 1. The lowest BCUT2D eigenvalue weighted by atomic mass is 10.1. The molecule has 2 amide bonds. The molecule has 1 saturated heterocycles. The maximum atomic E-state index is 11.5. The number of pyridine rings is 1. The fourth-order valence-corrected chi connectivity index (χ4v) is 1.90. The van der Waals surface area contributed by atoms with E-state index in [1.807, 2.05) is 13.8 Å². The zero-order valence-corrected chi connectivity index (χ0v) is 9.99. The molecule has 17 heavy (non-hydrogen) atoms. The van der Waals surface area contributed by atoms with Crippen LogP contribution in [0.4, 0.5) is 5.69 Å². The number of carbonyl (C=O) groups is 2. The number of anilines is 1. The van der Waals surface area contributed by atoms with Crippen LogP contribution in [0.3, 0.4) is 0 Å². The van der Waals surface area contributed by atoms with Gasteiger partial charge in [0.15, 0.2) is 0 Å². The van der Waals surface area contributed by atoms with E-state index in [9.17, 15) is 9.59 Å². The number of rotatable bonds is 2. The number of aromatic nitrogens is 1. The van der Waals surface area contributed by atoms with Crippen molar-refractivity contribution in [3.8, 4) is 0 Å². The highest BCUT2D eigenvalue weighted by Gasteiger charge is 2.29. The predicted molar refractivity (Wildman–Crippen MR) is 62.9 cm³/mol. The van der Waals surface area contributed by atoms with E-state index in [-0.39, 0.29) is 18.4 Å². The van der Waals surface area contributed by atoms with E-state index in [0.29, 0.717) is 24.2 Å². The van der Waals surface area contributed by atoms with Crippen molar-refractivity contribution in [2.45, 2.75) is 33.2 Å². The highest BCUT2D eigenvalue weighted by molar-refractivity contribution is 6.01. The van der Waals surface area contributed by atoms with Crippen molar-refractivity contribution in [2.75, 3.05) is 5.73 Å². The van der Waals surface area contributed by atoms with Crippen molar-refractivity contribution in [1.82, 2.24) is 9.88 Å². The molecule has 1 fully saturated rings. The molecule has 0 atom stereocenters. The van der Waals surface area contributed by atoms with Crippen LogP contribution in [-0.2, 0) is 16.1 Å². The third kappa shape index (κ3) is 2.00.